The smallest absolute Gasteiger partial charge is 0.269 e. The van der Waals surface area contributed by atoms with Crippen LogP contribution >= 0.6 is 0 Å². The second kappa shape index (κ2) is 4.40. The van der Waals surface area contributed by atoms with Crippen LogP contribution in [0.1, 0.15) is 12.0 Å². The molecule has 0 saturated carbocycles. The molecule has 0 amide bonds. The zero-order valence-corrected chi connectivity index (χ0v) is 8.48. The summed E-state index contributed by atoms with van der Waals surface area (Å²) >= 11 is 0. The van der Waals surface area contributed by atoms with Crippen LogP contribution in [0.15, 0.2) is 24.3 Å². The molecular weight excluding hydrogens is 192 g/mol. The maximum Gasteiger partial charge on any atom is 0.269 e. The molecule has 0 spiro atoms. The number of nitrogens with zero attached hydrogens (tertiary/aromatic N) is 1. The Morgan fingerprint density at radius 3 is 2.67 bits per heavy atom. The Morgan fingerprint density at radius 2 is 2.13 bits per heavy atom. The van der Waals surface area contributed by atoms with Crippen LogP contribution in [-0.4, -0.2) is 18.0 Å². The molecule has 1 heterocycles. The van der Waals surface area contributed by atoms with Crippen molar-refractivity contribution in [1.82, 2.24) is 5.32 Å². The molecule has 1 aromatic rings. The van der Waals surface area contributed by atoms with E-state index >= 15 is 0 Å². The van der Waals surface area contributed by atoms with Crippen LogP contribution < -0.4 is 5.32 Å². The third-order valence-corrected chi connectivity index (χ3v) is 2.83. The van der Waals surface area contributed by atoms with E-state index in [4.69, 9.17) is 0 Å². The zero-order chi connectivity index (χ0) is 10.7. The van der Waals surface area contributed by atoms with E-state index in [1.807, 2.05) is 12.1 Å². The van der Waals surface area contributed by atoms with Crippen molar-refractivity contribution in [2.45, 2.75) is 12.8 Å². The van der Waals surface area contributed by atoms with E-state index in [0.29, 0.717) is 5.92 Å². The Balaban J connectivity index is 2.00. The molecule has 0 radical (unpaired) electrons. The standard InChI is InChI=1S/C11H14N2O2/c14-13(15)11-3-1-9(2-4-11)7-10-5-6-12-8-10/h1-4,10,12H,5-8H2. The fourth-order valence-electron chi connectivity index (χ4n) is 1.98. The summed E-state index contributed by atoms with van der Waals surface area (Å²) < 4.78 is 0. The van der Waals surface area contributed by atoms with Crippen molar-refractivity contribution in [2.24, 2.45) is 5.92 Å². The SMILES string of the molecule is O=[N+]([O-])c1ccc(CC2CCNC2)cc1. The molecule has 80 valence electrons. The average molecular weight is 206 g/mol. The second-order valence-corrected chi connectivity index (χ2v) is 3.99. The predicted molar refractivity (Wildman–Crippen MR) is 57.8 cm³/mol. The van der Waals surface area contributed by atoms with E-state index < -0.39 is 0 Å². The summed E-state index contributed by atoms with van der Waals surface area (Å²) in [7, 11) is 0. The van der Waals surface area contributed by atoms with Gasteiger partial charge in [-0.05, 0) is 37.4 Å². The summed E-state index contributed by atoms with van der Waals surface area (Å²) in [6.07, 6.45) is 2.22. The Hall–Kier alpha value is -1.42. The normalized spacial score (nSPS) is 20.4. The fourth-order valence-corrected chi connectivity index (χ4v) is 1.98. The monoisotopic (exact) mass is 206 g/mol. The van der Waals surface area contributed by atoms with Crippen molar-refractivity contribution in [1.29, 1.82) is 0 Å². The van der Waals surface area contributed by atoms with Gasteiger partial charge in [-0.2, -0.15) is 0 Å². The van der Waals surface area contributed by atoms with Crippen molar-refractivity contribution in [2.75, 3.05) is 13.1 Å². The van der Waals surface area contributed by atoms with E-state index in [-0.39, 0.29) is 10.6 Å². The highest BCUT2D eigenvalue weighted by molar-refractivity contribution is 5.33. The van der Waals surface area contributed by atoms with Gasteiger partial charge >= 0.3 is 0 Å². The first-order valence-electron chi connectivity index (χ1n) is 5.20. The number of hydrogen-bond acceptors (Lipinski definition) is 3. The third kappa shape index (κ3) is 2.53. The molecule has 4 nitrogen and oxygen atoms in total. The lowest BCUT2D eigenvalue weighted by molar-refractivity contribution is -0.384. The Kier molecular flexibility index (Phi) is 2.97. The van der Waals surface area contributed by atoms with Crippen LogP contribution in [0.3, 0.4) is 0 Å². The first kappa shape index (κ1) is 10.1. The molecule has 1 aliphatic heterocycles. The summed E-state index contributed by atoms with van der Waals surface area (Å²) in [6, 6.07) is 6.88. The van der Waals surface area contributed by atoms with Crippen LogP contribution in [0.4, 0.5) is 5.69 Å². The first-order chi connectivity index (χ1) is 7.25. The van der Waals surface area contributed by atoms with Gasteiger partial charge in [0.05, 0.1) is 4.92 Å². The summed E-state index contributed by atoms with van der Waals surface area (Å²) in [6.45, 7) is 2.16. The number of non-ortho nitro benzene ring substituents is 1. The lowest BCUT2D eigenvalue weighted by atomic mass is 9.99. The van der Waals surface area contributed by atoms with Crippen molar-refractivity contribution in [3.63, 3.8) is 0 Å². The molecule has 0 bridgehead atoms. The van der Waals surface area contributed by atoms with Gasteiger partial charge < -0.3 is 5.32 Å². The number of nitro groups is 1. The van der Waals surface area contributed by atoms with E-state index in [1.54, 1.807) is 12.1 Å². The maximum atomic E-state index is 10.5. The molecule has 1 unspecified atom stereocenters. The average Bonchev–Trinajstić information content (AvgIpc) is 2.71. The predicted octanol–water partition coefficient (Wildman–Crippen LogP) is 1.75. The highest BCUT2D eigenvalue weighted by atomic mass is 16.6. The number of rotatable bonds is 3. The molecule has 1 saturated heterocycles. The van der Waals surface area contributed by atoms with Gasteiger partial charge in [-0.1, -0.05) is 12.1 Å². The van der Waals surface area contributed by atoms with Crippen LogP contribution in [0.5, 0.6) is 0 Å². The Morgan fingerprint density at radius 1 is 1.40 bits per heavy atom. The lowest BCUT2D eigenvalue weighted by Crippen LogP contribution is -2.10. The molecule has 15 heavy (non-hydrogen) atoms. The number of nitro benzene ring substituents is 1. The van der Waals surface area contributed by atoms with Crippen LogP contribution in [-0.2, 0) is 6.42 Å². The Bertz CT molecular complexity index is 342. The molecule has 0 aromatic heterocycles. The van der Waals surface area contributed by atoms with E-state index in [9.17, 15) is 10.1 Å². The van der Waals surface area contributed by atoms with Crippen molar-refractivity contribution in [3.05, 3.63) is 39.9 Å². The number of hydrogen-bond donors (Lipinski definition) is 1. The zero-order valence-electron chi connectivity index (χ0n) is 8.48. The molecule has 4 heteroatoms. The van der Waals surface area contributed by atoms with Crippen LogP contribution in [0, 0.1) is 16.0 Å². The van der Waals surface area contributed by atoms with Crippen molar-refractivity contribution < 1.29 is 4.92 Å². The van der Waals surface area contributed by atoms with Crippen LogP contribution in [0.25, 0.3) is 0 Å². The molecule has 0 aliphatic carbocycles. The highest BCUT2D eigenvalue weighted by Gasteiger charge is 2.15. The molecule has 1 aromatic carbocycles. The quantitative estimate of drug-likeness (QED) is 0.605. The summed E-state index contributed by atoms with van der Waals surface area (Å²) in [5.41, 5.74) is 1.36. The molecule has 1 N–H and O–H groups in total. The van der Waals surface area contributed by atoms with Gasteiger partial charge in [-0.15, -0.1) is 0 Å². The van der Waals surface area contributed by atoms with E-state index in [0.717, 1.165) is 19.5 Å². The summed E-state index contributed by atoms with van der Waals surface area (Å²) in [5, 5.41) is 13.8. The maximum absolute atomic E-state index is 10.5. The topological polar surface area (TPSA) is 55.2 Å². The summed E-state index contributed by atoms with van der Waals surface area (Å²) in [5.74, 6) is 0.687. The van der Waals surface area contributed by atoms with Crippen LogP contribution in [0.2, 0.25) is 0 Å². The van der Waals surface area contributed by atoms with Crippen molar-refractivity contribution in [3.8, 4) is 0 Å². The minimum Gasteiger partial charge on any atom is -0.316 e. The summed E-state index contributed by atoms with van der Waals surface area (Å²) in [4.78, 5) is 10.1. The van der Waals surface area contributed by atoms with Gasteiger partial charge in [0.1, 0.15) is 0 Å². The molecule has 1 fully saturated rings. The lowest BCUT2D eigenvalue weighted by Gasteiger charge is -2.07. The first-order valence-corrected chi connectivity index (χ1v) is 5.20. The van der Waals surface area contributed by atoms with Gasteiger partial charge in [-0.25, -0.2) is 0 Å². The Labute approximate surface area is 88.5 Å². The number of nitrogens with one attached hydrogen (secondary N) is 1. The fraction of sp³-hybridized carbons (Fsp3) is 0.455. The van der Waals surface area contributed by atoms with E-state index in [2.05, 4.69) is 5.32 Å². The second-order valence-electron chi connectivity index (χ2n) is 3.99. The molecule has 1 aliphatic rings. The van der Waals surface area contributed by atoms with Gasteiger partial charge in [-0.3, -0.25) is 10.1 Å². The minimum atomic E-state index is -0.360. The molecule has 1 atom stereocenters. The number of benzene rings is 1. The van der Waals surface area contributed by atoms with E-state index in [1.165, 1.54) is 12.0 Å². The van der Waals surface area contributed by atoms with Gasteiger partial charge in [0, 0.05) is 12.1 Å². The van der Waals surface area contributed by atoms with Gasteiger partial charge in [0.15, 0.2) is 0 Å². The van der Waals surface area contributed by atoms with Crippen molar-refractivity contribution >= 4 is 5.69 Å². The largest absolute Gasteiger partial charge is 0.316 e. The van der Waals surface area contributed by atoms with Gasteiger partial charge in [0.2, 0.25) is 0 Å². The third-order valence-electron chi connectivity index (χ3n) is 2.83. The molecule has 2 rings (SSSR count). The van der Waals surface area contributed by atoms with Gasteiger partial charge in [0.25, 0.3) is 5.69 Å². The minimum absolute atomic E-state index is 0.170. The highest BCUT2D eigenvalue weighted by Crippen LogP contribution is 2.17. The molecular formula is C11H14N2O2.